The summed E-state index contributed by atoms with van der Waals surface area (Å²) in [4.78, 5) is 38.7. The monoisotopic (exact) mass is 491 g/mol. The molecule has 0 radical (unpaired) electrons. The molecule has 1 amide bonds. The summed E-state index contributed by atoms with van der Waals surface area (Å²) >= 11 is 1.50. The second-order valence-electron chi connectivity index (χ2n) is 8.27. The largest absolute Gasteiger partial charge is 0.497 e. The van der Waals surface area contributed by atoms with E-state index in [2.05, 4.69) is 15.5 Å². The zero-order valence-corrected chi connectivity index (χ0v) is 20.4. The zero-order chi connectivity index (χ0) is 25.0. The fourth-order valence-corrected chi connectivity index (χ4v) is 4.17. The molecule has 0 fully saturated rings. The molecule has 0 saturated carbocycles. The van der Waals surface area contributed by atoms with E-state index in [1.165, 1.54) is 32.8 Å². The van der Waals surface area contributed by atoms with Crippen molar-refractivity contribution >= 4 is 17.2 Å². The number of amides is 1. The van der Waals surface area contributed by atoms with Gasteiger partial charge in [0.25, 0.3) is 11.1 Å². The van der Waals surface area contributed by atoms with Crippen LogP contribution in [0.4, 0.5) is 0 Å². The van der Waals surface area contributed by atoms with Crippen LogP contribution < -0.4 is 21.2 Å². The van der Waals surface area contributed by atoms with Crippen LogP contribution in [0.25, 0.3) is 21.8 Å². The Kier molecular flexibility index (Phi) is 6.92. The molecule has 0 aliphatic rings. The molecule has 10 heteroatoms. The fraction of sp³-hybridized carbons (Fsp3) is 0.240. The van der Waals surface area contributed by atoms with Crippen LogP contribution in [-0.2, 0) is 16.9 Å². The van der Waals surface area contributed by atoms with Crippen molar-refractivity contribution in [3.05, 3.63) is 86.8 Å². The summed E-state index contributed by atoms with van der Waals surface area (Å²) in [6.07, 6.45) is 0. The van der Waals surface area contributed by atoms with E-state index in [-0.39, 0.29) is 24.2 Å². The van der Waals surface area contributed by atoms with Crippen LogP contribution in [0.15, 0.2) is 75.6 Å². The van der Waals surface area contributed by atoms with Gasteiger partial charge in [-0.25, -0.2) is 9.36 Å². The molecule has 0 aliphatic carbocycles. The van der Waals surface area contributed by atoms with E-state index in [4.69, 9.17) is 4.74 Å². The Morgan fingerprint density at radius 3 is 2.37 bits per heavy atom. The van der Waals surface area contributed by atoms with Crippen molar-refractivity contribution in [1.29, 1.82) is 0 Å². The number of aromatic nitrogens is 4. The number of nitrogens with zero attached hydrogens (tertiary/aromatic N) is 4. The lowest BCUT2D eigenvalue weighted by atomic mass is 10.0. The Bertz CT molecular complexity index is 1440. The highest BCUT2D eigenvalue weighted by atomic mass is 32.1. The van der Waals surface area contributed by atoms with Crippen molar-refractivity contribution in [1.82, 2.24) is 24.9 Å². The Balaban J connectivity index is 1.47. The summed E-state index contributed by atoms with van der Waals surface area (Å²) in [5.74, 6) is 0.330. The Morgan fingerprint density at radius 1 is 0.971 bits per heavy atom. The number of hydrogen-bond acceptors (Lipinski definition) is 7. The first-order valence-corrected chi connectivity index (χ1v) is 11.8. The predicted octanol–water partition coefficient (Wildman–Crippen LogP) is 2.76. The number of nitrogens with one attached hydrogen (secondary N) is 1. The maximum atomic E-state index is 13.0. The number of thiophene rings is 1. The van der Waals surface area contributed by atoms with Gasteiger partial charge in [-0.2, -0.15) is 10.2 Å². The molecule has 9 nitrogen and oxygen atoms in total. The van der Waals surface area contributed by atoms with Gasteiger partial charge in [0.15, 0.2) is 0 Å². The van der Waals surface area contributed by atoms with Gasteiger partial charge in [-0.15, -0.1) is 11.3 Å². The molecule has 0 saturated heterocycles. The number of methoxy groups -OCH3 is 1. The lowest BCUT2D eigenvalue weighted by Gasteiger charge is -2.25. The highest BCUT2D eigenvalue weighted by molar-refractivity contribution is 7.13. The van der Waals surface area contributed by atoms with Gasteiger partial charge in [0.2, 0.25) is 5.91 Å². The van der Waals surface area contributed by atoms with Crippen LogP contribution in [0.2, 0.25) is 0 Å². The molecular formula is C25H25N5O4S. The Labute approximate surface area is 205 Å². The second kappa shape index (κ2) is 10.1. The SMILES string of the molecule is COc1ccc(-c2ccc(=O)n(CCNC(=O)C(C)(C)n3nc(-c4cccs4)ccc3=O)n2)cc1. The molecule has 0 aliphatic heterocycles. The minimum Gasteiger partial charge on any atom is -0.497 e. The van der Waals surface area contributed by atoms with Gasteiger partial charge in [-0.3, -0.25) is 14.4 Å². The average Bonchev–Trinajstić information content (AvgIpc) is 3.40. The molecule has 3 heterocycles. The molecule has 1 aromatic carbocycles. The fourth-order valence-electron chi connectivity index (χ4n) is 3.48. The first kappa shape index (κ1) is 24.1. The molecule has 0 spiro atoms. The molecule has 4 rings (SSSR count). The quantitative estimate of drug-likeness (QED) is 0.406. The topological polar surface area (TPSA) is 108 Å². The van der Waals surface area contributed by atoms with E-state index < -0.39 is 11.4 Å². The number of hydrogen-bond donors (Lipinski definition) is 1. The standard InChI is InChI=1S/C25H25N5O4S/c1-25(2,30-23(32)13-11-20(28-30)21-5-4-16-35-21)24(33)26-14-15-29-22(31)12-10-19(27-29)17-6-8-18(34-3)9-7-17/h4-13,16H,14-15H2,1-3H3,(H,26,33). The summed E-state index contributed by atoms with van der Waals surface area (Å²) in [7, 11) is 1.59. The lowest BCUT2D eigenvalue weighted by molar-refractivity contribution is -0.129. The van der Waals surface area contributed by atoms with Gasteiger partial charge in [0.05, 0.1) is 24.2 Å². The van der Waals surface area contributed by atoms with Gasteiger partial charge < -0.3 is 10.1 Å². The van der Waals surface area contributed by atoms with Crippen molar-refractivity contribution in [3.8, 4) is 27.6 Å². The number of rotatable bonds is 8. The van der Waals surface area contributed by atoms with E-state index >= 15 is 0 Å². The van der Waals surface area contributed by atoms with Crippen molar-refractivity contribution in [2.24, 2.45) is 0 Å². The van der Waals surface area contributed by atoms with Gasteiger partial charge in [0, 0.05) is 24.2 Å². The number of carbonyl (C=O) groups excluding carboxylic acids is 1. The van der Waals surface area contributed by atoms with Crippen molar-refractivity contribution in [2.75, 3.05) is 13.7 Å². The summed E-state index contributed by atoms with van der Waals surface area (Å²) in [5, 5.41) is 13.6. The van der Waals surface area contributed by atoms with Crippen LogP contribution in [0.3, 0.4) is 0 Å². The number of benzene rings is 1. The highest BCUT2D eigenvalue weighted by Crippen LogP contribution is 2.23. The second-order valence-corrected chi connectivity index (χ2v) is 9.22. The van der Waals surface area contributed by atoms with E-state index in [1.807, 2.05) is 41.8 Å². The highest BCUT2D eigenvalue weighted by Gasteiger charge is 2.32. The van der Waals surface area contributed by atoms with Gasteiger partial charge in [0.1, 0.15) is 17.0 Å². The normalized spacial score (nSPS) is 11.3. The summed E-state index contributed by atoms with van der Waals surface area (Å²) in [5.41, 5.74) is 0.175. The van der Waals surface area contributed by atoms with Crippen molar-refractivity contribution in [3.63, 3.8) is 0 Å². The third-order valence-corrected chi connectivity index (χ3v) is 6.41. The van der Waals surface area contributed by atoms with Gasteiger partial charge in [-0.05, 0) is 61.7 Å². The molecular weight excluding hydrogens is 466 g/mol. The summed E-state index contributed by atoms with van der Waals surface area (Å²) in [6.45, 7) is 3.58. The van der Waals surface area contributed by atoms with Crippen molar-refractivity contribution < 1.29 is 9.53 Å². The Morgan fingerprint density at radius 2 is 1.69 bits per heavy atom. The van der Waals surface area contributed by atoms with Crippen molar-refractivity contribution in [2.45, 2.75) is 25.9 Å². The molecule has 0 unspecified atom stereocenters. The van der Waals surface area contributed by atoms with E-state index in [1.54, 1.807) is 33.1 Å². The number of carbonyl (C=O) groups is 1. The third kappa shape index (κ3) is 5.22. The first-order valence-electron chi connectivity index (χ1n) is 11.0. The first-order chi connectivity index (χ1) is 16.8. The third-order valence-electron chi connectivity index (χ3n) is 5.52. The molecule has 180 valence electrons. The molecule has 0 bridgehead atoms. The van der Waals surface area contributed by atoms with Crippen LogP contribution >= 0.6 is 11.3 Å². The zero-order valence-electron chi connectivity index (χ0n) is 19.6. The Hall–Kier alpha value is -4.05. The van der Waals surface area contributed by atoms with E-state index in [9.17, 15) is 14.4 Å². The summed E-state index contributed by atoms with van der Waals surface area (Å²) in [6, 6.07) is 17.3. The molecule has 35 heavy (non-hydrogen) atoms. The van der Waals surface area contributed by atoms with E-state index in [0.29, 0.717) is 11.4 Å². The van der Waals surface area contributed by atoms with Gasteiger partial charge >= 0.3 is 0 Å². The minimum atomic E-state index is -1.24. The maximum Gasteiger partial charge on any atom is 0.267 e. The van der Waals surface area contributed by atoms with Crippen LogP contribution in [0.5, 0.6) is 5.75 Å². The van der Waals surface area contributed by atoms with Crippen LogP contribution in [0, 0.1) is 0 Å². The van der Waals surface area contributed by atoms with E-state index in [0.717, 1.165) is 16.2 Å². The molecule has 0 atom stereocenters. The summed E-state index contributed by atoms with van der Waals surface area (Å²) < 4.78 is 7.66. The lowest BCUT2D eigenvalue weighted by Crippen LogP contribution is -2.50. The van der Waals surface area contributed by atoms with Crippen LogP contribution in [-0.4, -0.2) is 39.1 Å². The van der Waals surface area contributed by atoms with Gasteiger partial charge in [-0.1, -0.05) is 6.07 Å². The smallest absolute Gasteiger partial charge is 0.267 e. The maximum absolute atomic E-state index is 13.0. The average molecular weight is 492 g/mol. The van der Waals surface area contributed by atoms with Crippen LogP contribution in [0.1, 0.15) is 13.8 Å². The molecule has 3 aromatic heterocycles. The molecule has 4 aromatic rings. The predicted molar refractivity (Wildman–Crippen MR) is 135 cm³/mol. The minimum absolute atomic E-state index is 0.153. The molecule has 1 N–H and O–H groups in total. The number of ether oxygens (including phenoxy) is 1.